The number of carboxylic acids is 1. The molecule has 0 spiro atoms. The summed E-state index contributed by atoms with van der Waals surface area (Å²) >= 11 is 0. The molecule has 2 fully saturated rings. The number of morpholine rings is 1. The number of carboxylic acid groups (broad SMARTS) is 1. The smallest absolute Gasteiger partial charge is 0.416 e. The molecule has 0 amide bonds. The van der Waals surface area contributed by atoms with Crippen molar-refractivity contribution >= 4 is 23.3 Å². The molecule has 6 rings (SSSR count). The van der Waals surface area contributed by atoms with E-state index in [4.69, 9.17) is 4.74 Å². The third-order valence-electron chi connectivity index (χ3n) is 8.39. The Balaban J connectivity index is 1.37. The Morgan fingerprint density at radius 2 is 1.88 bits per heavy atom. The third-order valence-corrected chi connectivity index (χ3v) is 8.39. The van der Waals surface area contributed by atoms with Gasteiger partial charge < -0.3 is 25.4 Å². The van der Waals surface area contributed by atoms with E-state index in [0.717, 1.165) is 37.0 Å². The number of ether oxygens (including phenoxy) is 1. The number of aromatic nitrogens is 2. The summed E-state index contributed by atoms with van der Waals surface area (Å²) in [6.07, 6.45) is -1.76. The topological polar surface area (TPSA) is 103 Å². The van der Waals surface area contributed by atoms with E-state index in [2.05, 4.69) is 32.4 Å². The predicted molar refractivity (Wildman–Crippen MR) is 151 cm³/mol. The molecule has 2 unspecified atom stereocenters. The second kappa shape index (κ2) is 11.4. The van der Waals surface area contributed by atoms with E-state index in [1.807, 2.05) is 35.2 Å². The molecule has 3 atom stereocenters. The molecule has 0 bridgehead atoms. The fraction of sp³-hybridized carbons (Fsp3) is 0.433. The van der Waals surface area contributed by atoms with Crippen LogP contribution in [0, 0.1) is 5.92 Å². The van der Waals surface area contributed by atoms with Crippen LogP contribution in [-0.4, -0.2) is 58.0 Å². The Labute approximate surface area is 241 Å². The van der Waals surface area contributed by atoms with Crippen molar-refractivity contribution in [3.05, 3.63) is 77.1 Å². The van der Waals surface area contributed by atoms with Gasteiger partial charge >= 0.3 is 12.1 Å². The fourth-order valence-corrected chi connectivity index (χ4v) is 5.83. The molecule has 2 aliphatic heterocycles. The highest BCUT2D eigenvalue weighted by molar-refractivity contribution is 5.89. The van der Waals surface area contributed by atoms with Crippen LogP contribution in [0.15, 0.2) is 54.6 Å². The van der Waals surface area contributed by atoms with Crippen LogP contribution < -0.4 is 15.5 Å². The average molecular weight is 583 g/mol. The summed E-state index contributed by atoms with van der Waals surface area (Å²) < 4.78 is 45.9. The molecule has 2 aromatic carbocycles. The van der Waals surface area contributed by atoms with Crippen molar-refractivity contribution in [1.82, 2.24) is 14.9 Å². The minimum absolute atomic E-state index is 0.0530. The van der Waals surface area contributed by atoms with Gasteiger partial charge in [0, 0.05) is 25.7 Å². The number of rotatable bonds is 8. The third kappa shape index (κ3) is 5.73. The van der Waals surface area contributed by atoms with E-state index in [1.165, 1.54) is 12.1 Å². The number of aromatic carboxylic acids is 1. The molecule has 3 heterocycles. The summed E-state index contributed by atoms with van der Waals surface area (Å²) in [6.45, 7) is 3.90. The summed E-state index contributed by atoms with van der Waals surface area (Å²) in [5.74, 6) is -0.365. The number of fused-ring (bicyclic) bond motifs is 1. The van der Waals surface area contributed by atoms with Gasteiger partial charge in [0.1, 0.15) is 5.69 Å². The first-order valence-corrected chi connectivity index (χ1v) is 14.2. The Bertz CT molecular complexity index is 1420. The van der Waals surface area contributed by atoms with Crippen LogP contribution in [0.4, 0.5) is 30.5 Å². The molecule has 42 heavy (non-hydrogen) atoms. The van der Waals surface area contributed by atoms with Gasteiger partial charge in [-0.3, -0.25) is 4.90 Å². The molecule has 3 N–H and O–H groups in total. The largest absolute Gasteiger partial charge is 0.475 e. The standard InChI is InChI=1S/C30H33F3N6O3/c1-18(20-8-5-9-20)34-25-24-26(36-27(35-25)28(40)41)37-29(38-14-15-42-23(17-38)21-6-3-2-4-7-21)39(24)16-19-10-12-22(13-11-19)30(31,32)33/h2-4,6-7,10-13,18,20,23,29H,5,8-9,14-17H2,1H3,(H,40,41)(H2,34,35,36,37)/t18-,23?,29?/m1/s1. The molecule has 1 aliphatic carbocycles. The van der Waals surface area contributed by atoms with Crippen molar-refractivity contribution in [2.75, 3.05) is 35.2 Å². The zero-order valence-corrected chi connectivity index (χ0v) is 23.1. The van der Waals surface area contributed by atoms with Crippen LogP contribution in [0.1, 0.15) is 59.6 Å². The summed E-state index contributed by atoms with van der Waals surface area (Å²) in [6, 6.07) is 15.1. The van der Waals surface area contributed by atoms with Crippen molar-refractivity contribution in [1.29, 1.82) is 0 Å². The van der Waals surface area contributed by atoms with Crippen LogP contribution in [0.25, 0.3) is 0 Å². The molecule has 3 aliphatic rings. The molecule has 0 radical (unpaired) electrons. The number of benzene rings is 2. The maximum absolute atomic E-state index is 13.3. The van der Waals surface area contributed by atoms with Gasteiger partial charge in [-0.25, -0.2) is 14.8 Å². The molecule has 1 saturated carbocycles. The maximum atomic E-state index is 13.3. The van der Waals surface area contributed by atoms with Crippen LogP contribution in [-0.2, 0) is 17.5 Å². The van der Waals surface area contributed by atoms with E-state index in [0.29, 0.717) is 48.5 Å². The molecule has 1 saturated heterocycles. The summed E-state index contributed by atoms with van der Waals surface area (Å²) in [5, 5.41) is 16.7. The van der Waals surface area contributed by atoms with Gasteiger partial charge in [-0.2, -0.15) is 13.2 Å². The van der Waals surface area contributed by atoms with E-state index >= 15 is 0 Å². The number of anilines is 3. The lowest BCUT2D eigenvalue weighted by atomic mass is 9.80. The van der Waals surface area contributed by atoms with Gasteiger partial charge in [0.05, 0.1) is 18.3 Å². The second-order valence-electron chi connectivity index (χ2n) is 11.1. The first kappa shape index (κ1) is 28.2. The number of hydrogen-bond donors (Lipinski definition) is 3. The number of hydrogen-bond acceptors (Lipinski definition) is 8. The van der Waals surface area contributed by atoms with E-state index in [1.54, 1.807) is 0 Å². The maximum Gasteiger partial charge on any atom is 0.416 e. The molecular formula is C30H33F3N6O3. The van der Waals surface area contributed by atoms with Crippen molar-refractivity contribution in [3.63, 3.8) is 0 Å². The molecule has 1 aromatic heterocycles. The number of nitrogens with one attached hydrogen (secondary N) is 2. The predicted octanol–water partition coefficient (Wildman–Crippen LogP) is 5.58. The van der Waals surface area contributed by atoms with Gasteiger partial charge in [-0.15, -0.1) is 0 Å². The van der Waals surface area contributed by atoms with E-state index < -0.39 is 24.0 Å². The Morgan fingerprint density at radius 3 is 2.52 bits per heavy atom. The summed E-state index contributed by atoms with van der Waals surface area (Å²) in [5.41, 5.74) is 1.58. The van der Waals surface area contributed by atoms with Crippen LogP contribution in [0.5, 0.6) is 0 Å². The lowest BCUT2D eigenvalue weighted by Crippen LogP contribution is -2.54. The lowest BCUT2D eigenvalue weighted by Gasteiger charge is -2.41. The average Bonchev–Trinajstić information content (AvgIpc) is 3.31. The quantitative estimate of drug-likeness (QED) is 0.314. The SMILES string of the molecule is C[C@@H](Nc1nc(C(=O)O)nc2c1N(Cc1ccc(C(F)(F)F)cc1)C(N1CCOC(c3ccccc3)C1)N2)C1CCC1. The Hall–Kier alpha value is -3.90. The minimum atomic E-state index is -4.43. The summed E-state index contributed by atoms with van der Waals surface area (Å²) in [7, 11) is 0. The van der Waals surface area contributed by atoms with Crippen LogP contribution >= 0.6 is 0 Å². The molecule has 3 aromatic rings. The van der Waals surface area contributed by atoms with Crippen LogP contribution in [0.3, 0.4) is 0 Å². The van der Waals surface area contributed by atoms with Gasteiger partial charge in [-0.05, 0) is 48.9 Å². The molecule has 12 heteroatoms. The Morgan fingerprint density at radius 1 is 1.14 bits per heavy atom. The monoisotopic (exact) mass is 582 g/mol. The van der Waals surface area contributed by atoms with Gasteiger partial charge in [0.2, 0.25) is 5.82 Å². The van der Waals surface area contributed by atoms with Crippen LogP contribution in [0.2, 0.25) is 0 Å². The van der Waals surface area contributed by atoms with Crippen molar-refractivity contribution in [2.24, 2.45) is 5.92 Å². The number of carbonyl (C=O) groups is 1. The van der Waals surface area contributed by atoms with E-state index in [9.17, 15) is 23.1 Å². The highest BCUT2D eigenvalue weighted by Crippen LogP contribution is 2.43. The highest BCUT2D eigenvalue weighted by Gasteiger charge is 2.41. The van der Waals surface area contributed by atoms with Gasteiger partial charge in [-0.1, -0.05) is 48.9 Å². The first-order valence-electron chi connectivity index (χ1n) is 14.2. The lowest BCUT2D eigenvalue weighted by molar-refractivity contribution is -0.137. The zero-order valence-electron chi connectivity index (χ0n) is 23.1. The minimum Gasteiger partial charge on any atom is -0.475 e. The molecule has 9 nitrogen and oxygen atoms in total. The number of halogens is 3. The first-order chi connectivity index (χ1) is 20.2. The summed E-state index contributed by atoms with van der Waals surface area (Å²) in [4.78, 5) is 24.9. The zero-order chi connectivity index (χ0) is 29.4. The van der Waals surface area contributed by atoms with Gasteiger partial charge in [0.25, 0.3) is 0 Å². The van der Waals surface area contributed by atoms with Crippen molar-refractivity contribution in [3.8, 4) is 0 Å². The second-order valence-corrected chi connectivity index (χ2v) is 11.1. The Kier molecular flexibility index (Phi) is 7.67. The normalized spacial score (nSPS) is 21.8. The number of nitrogens with zero attached hydrogens (tertiary/aromatic N) is 4. The molecule has 222 valence electrons. The molecular weight excluding hydrogens is 549 g/mol. The number of alkyl halides is 3. The highest BCUT2D eigenvalue weighted by atomic mass is 19.4. The van der Waals surface area contributed by atoms with Crippen molar-refractivity contribution in [2.45, 2.75) is 57.3 Å². The van der Waals surface area contributed by atoms with Gasteiger partial charge in [0.15, 0.2) is 17.9 Å². The van der Waals surface area contributed by atoms with Crippen molar-refractivity contribution < 1.29 is 27.8 Å². The van der Waals surface area contributed by atoms with E-state index in [-0.39, 0.29) is 24.5 Å². The fourth-order valence-electron chi connectivity index (χ4n) is 5.83.